The summed E-state index contributed by atoms with van der Waals surface area (Å²) >= 11 is 0.962. The Morgan fingerprint density at radius 1 is 0.757 bits per heavy atom. The second-order valence-corrected chi connectivity index (χ2v) is 10.0. The van der Waals surface area contributed by atoms with Crippen molar-refractivity contribution in [3.05, 3.63) is 96.1 Å². The molecule has 0 unspecified atom stereocenters. The SMILES string of the molecule is CC(=O)O[C@@H]1S[C@H](COC(=O)c2ccc3ccccc3c2)[C@@H](OC(=O)c2ccc3ccccc3c2)[C@@H]1F. The van der Waals surface area contributed by atoms with E-state index in [0.29, 0.717) is 5.56 Å². The van der Waals surface area contributed by atoms with Crippen molar-refractivity contribution in [2.24, 2.45) is 0 Å². The quantitative estimate of drug-likeness (QED) is 0.239. The minimum atomic E-state index is -1.79. The summed E-state index contributed by atoms with van der Waals surface area (Å²) in [5.41, 5.74) is -0.574. The second-order valence-electron chi connectivity index (χ2n) is 8.69. The number of esters is 3. The summed E-state index contributed by atoms with van der Waals surface area (Å²) < 4.78 is 31.4. The van der Waals surface area contributed by atoms with Crippen molar-refractivity contribution in [2.45, 2.75) is 29.9 Å². The number of fused-ring (bicyclic) bond motifs is 2. The van der Waals surface area contributed by atoms with Gasteiger partial charge in [0.05, 0.1) is 16.4 Å². The molecule has 5 rings (SSSR count). The molecule has 4 aromatic carbocycles. The van der Waals surface area contributed by atoms with Crippen LogP contribution in [-0.4, -0.2) is 47.5 Å². The van der Waals surface area contributed by atoms with Crippen LogP contribution in [0.15, 0.2) is 84.9 Å². The number of rotatable bonds is 6. The number of benzene rings is 4. The maximum Gasteiger partial charge on any atom is 0.338 e. The molecule has 1 aliphatic heterocycles. The molecular weight excluding hydrogens is 495 g/mol. The molecule has 0 amide bonds. The Morgan fingerprint density at radius 2 is 1.30 bits per heavy atom. The third-order valence-corrected chi connectivity index (χ3v) is 7.50. The van der Waals surface area contributed by atoms with Crippen LogP contribution in [0.2, 0.25) is 0 Å². The van der Waals surface area contributed by atoms with Crippen LogP contribution in [0.25, 0.3) is 21.5 Å². The molecule has 0 radical (unpaired) electrons. The van der Waals surface area contributed by atoms with E-state index in [1.807, 2.05) is 54.6 Å². The summed E-state index contributed by atoms with van der Waals surface area (Å²) in [6.45, 7) is 0.945. The Kier molecular flexibility index (Phi) is 7.10. The first kappa shape index (κ1) is 24.8. The van der Waals surface area contributed by atoms with Gasteiger partial charge in [0.2, 0.25) is 0 Å². The van der Waals surface area contributed by atoms with Crippen LogP contribution in [0.5, 0.6) is 0 Å². The molecule has 0 spiro atoms. The fourth-order valence-corrected chi connectivity index (χ4v) is 5.63. The van der Waals surface area contributed by atoms with Crippen LogP contribution in [0.3, 0.4) is 0 Å². The zero-order chi connectivity index (χ0) is 25.9. The van der Waals surface area contributed by atoms with Crippen LogP contribution >= 0.6 is 11.8 Å². The highest BCUT2D eigenvalue weighted by Gasteiger charge is 2.49. The standard InChI is InChI=1S/C29H23FO6S/c1-17(31)35-29-25(30)26(36-28(33)23-13-11-19-7-3-5-9-21(19)15-23)24(37-29)16-34-27(32)22-12-10-18-6-2-4-8-20(18)14-22/h2-15,24-26,29H,16H2,1H3/t24-,25+,26-,29-/m1/s1. The molecule has 0 saturated carbocycles. The zero-order valence-electron chi connectivity index (χ0n) is 19.8. The van der Waals surface area contributed by atoms with Crippen molar-refractivity contribution >= 4 is 51.2 Å². The molecule has 6 nitrogen and oxygen atoms in total. The van der Waals surface area contributed by atoms with Crippen molar-refractivity contribution in [2.75, 3.05) is 6.61 Å². The summed E-state index contributed by atoms with van der Waals surface area (Å²) in [6, 6.07) is 25.4. The fourth-order valence-electron chi connectivity index (χ4n) is 4.28. The lowest BCUT2D eigenvalue weighted by atomic mass is 10.1. The molecule has 0 aliphatic carbocycles. The minimum Gasteiger partial charge on any atom is -0.461 e. The van der Waals surface area contributed by atoms with Gasteiger partial charge < -0.3 is 14.2 Å². The van der Waals surface area contributed by atoms with Crippen molar-refractivity contribution in [3.8, 4) is 0 Å². The average molecular weight is 519 g/mol. The largest absolute Gasteiger partial charge is 0.461 e. The predicted octanol–water partition coefficient (Wildman–Crippen LogP) is 5.72. The Morgan fingerprint density at radius 3 is 1.86 bits per heavy atom. The molecule has 8 heteroatoms. The van der Waals surface area contributed by atoms with Gasteiger partial charge in [-0.1, -0.05) is 60.7 Å². The molecule has 0 N–H and O–H groups in total. The monoisotopic (exact) mass is 518 g/mol. The van der Waals surface area contributed by atoms with Crippen molar-refractivity contribution in [1.29, 1.82) is 0 Å². The van der Waals surface area contributed by atoms with Gasteiger partial charge in [0, 0.05) is 6.92 Å². The van der Waals surface area contributed by atoms with E-state index in [9.17, 15) is 14.4 Å². The first-order valence-corrected chi connectivity index (χ1v) is 12.7. The molecule has 37 heavy (non-hydrogen) atoms. The summed E-state index contributed by atoms with van der Waals surface area (Å²) in [5, 5.41) is 2.89. The Balaban J connectivity index is 1.31. The van der Waals surface area contributed by atoms with E-state index in [1.54, 1.807) is 30.3 Å². The Labute approximate surface area is 216 Å². The van der Waals surface area contributed by atoms with E-state index in [1.165, 1.54) is 6.92 Å². The highest BCUT2D eigenvalue weighted by atomic mass is 32.2. The van der Waals surface area contributed by atoms with Gasteiger partial charge in [-0.05, 0) is 45.8 Å². The van der Waals surface area contributed by atoms with E-state index >= 15 is 4.39 Å². The highest BCUT2D eigenvalue weighted by molar-refractivity contribution is 8.00. The van der Waals surface area contributed by atoms with Crippen LogP contribution in [-0.2, 0) is 19.0 Å². The van der Waals surface area contributed by atoms with Crippen LogP contribution < -0.4 is 0 Å². The van der Waals surface area contributed by atoms with Crippen molar-refractivity contribution in [1.82, 2.24) is 0 Å². The molecule has 0 bridgehead atoms. The zero-order valence-corrected chi connectivity index (χ0v) is 20.7. The minimum absolute atomic E-state index is 0.232. The average Bonchev–Trinajstić information content (AvgIpc) is 3.19. The van der Waals surface area contributed by atoms with Gasteiger partial charge in [0.15, 0.2) is 17.7 Å². The van der Waals surface area contributed by atoms with E-state index in [-0.39, 0.29) is 12.2 Å². The highest BCUT2D eigenvalue weighted by Crippen LogP contribution is 2.39. The smallest absolute Gasteiger partial charge is 0.338 e. The Hall–Kier alpha value is -3.91. The molecule has 4 aromatic rings. The number of carbonyl (C=O) groups is 3. The van der Waals surface area contributed by atoms with E-state index in [0.717, 1.165) is 33.3 Å². The molecule has 188 valence electrons. The summed E-state index contributed by atoms with van der Waals surface area (Å²) in [7, 11) is 0. The fraction of sp³-hybridized carbons (Fsp3) is 0.207. The van der Waals surface area contributed by atoms with Gasteiger partial charge in [-0.15, -0.1) is 11.8 Å². The molecule has 4 atom stereocenters. The lowest BCUT2D eigenvalue weighted by molar-refractivity contribution is -0.145. The second kappa shape index (κ2) is 10.6. The molecular formula is C29H23FO6S. The molecule has 1 fully saturated rings. The predicted molar refractivity (Wildman–Crippen MR) is 139 cm³/mol. The maximum atomic E-state index is 15.3. The van der Waals surface area contributed by atoms with Crippen LogP contribution in [0, 0.1) is 0 Å². The summed E-state index contributed by atoms with van der Waals surface area (Å²) in [4.78, 5) is 37.2. The topological polar surface area (TPSA) is 78.9 Å². The van der Waals surface area contributed by atoms with Gasteiger partial charge in [0.1, 0.15) is 6.61 Å². The third-order valence-electron chi connectivity index (χ3n) is 6.12. The van der Waals surface area contributed by atoms with Gasteiger partial charge in [0.25, 0.3) is 0 Å². The third kappa shape index (κ3) is 5.44. The number of alkyl halides is 1. The number of halogens is 1. The molecule has 1 aliphatic rings. The lowest BCUT2D eigenvalue weighted by Gasteiger charge is -2.20. The van der Waals surface area contributed by atoms with Gasteiger partial charge in [-0.3, -0.25) is 4.79 Å². The Bertz CT molecular complexity index is 1490. The summed E-state index contributed by atoms with van der Waals surface area (Å²) in [5.74, 6) is -1.96. The maximum absolute atomic E-state index is 15.3. The van der Waals surface area contributed by atoms with Crippen LogP contribution in [0.4, 0.5) is 4.39 Å². The van der Waals surface area contributed by atoms with Gasteiger partial charge in [-0.25, -0.2) is 14.0 Å². The number of carbonyl (C=O) groups excluding carboxylic acids is 3. The van der Waals surface area contributed by atoms with E-state index in [2.05, 4.69) is 0 Å². The first-order chi connectivity index (χ1) is 17.9. The number of ether oxygens (including phenoxy) is 3. The number of thioether (sulfide) groups is 1. The van der Waals surface area contributed by atoms with E-state index in [4.69, 9.17) is 14.2 Å². The van der Waals surface area contributed by atoms with Crippen LogP contribution in [0.1, 0.15) is 27.6 Å². The molecule has 1 heterocycles. The summed E-state index contributed by atoms with van der Waals surface area (Å²) in [6.07, 6.45) is -3.07. The van der Waals surface area contributed by atoms with Gasteiger partial charge >= 0.3 is 17.9 Å². The van der Waals surface area contributed by atoms with E-state index < -0.39 is 40.9 Å². The normalized spacial score (nSPS) is 21.0. The van der Waals surface area contributed by atoms with Crippen molar-refractivity contribution < 1.29 is 33.0 Å². The molecule has 0 aromatic heterocycles. The molecule has 1 saturated heterocycles. The first-order valence-electron chi connectivity index (χ1n) is 11.7. The number of hydrogen-bond donors (Lipinski definition) is 0. The lowest BCUT2D eigenvalue weighted by Crippen LogP contribution is -2.37. The number of hydrogen-bond acceptors (Lipinski definition) is 7. The van der Waals surface area contributed by atoms with Gasteiger partial charge in [-0.2, -0.15) is 0 Å². The van der Waals surface area contributed by atoms with Crippen molar-refractivity contribution in [3.63, 3.8) is 0 Å².